The summed E-state index contributed by atoms with van der Waals surface area (Å²) >= 11 is 0. The summed E-state index contributed by atoms with van der Waals surface area (Å²) in [6, 6.07) is 10.8. The van der Waals surface area contributed by atoms with Crippen LogP contribution in [0, 0.1) is 23.2 Å². The van der Waals surface area contributed by atoms with Gasteiger partial charge in [0.15, 0.2) is 0 Å². The van der Waals surface area contributed by atoms with Crippen LogP contribution in [0.5, 0.6) is 5.75 Å². The van der Waals surface area contributed by atoms with Crippen molar-refractivity contribution in [1.82, 2.24) is 4.90 Å². The van der Waals surface area contributed by atoms with Crippen molar-refractivity contribution in [2.75, 3.05) is 13.7 Å². The van der Waals surface area contributed by atoms with E-state index in [1.807, 2.05) is 12.1 Å². The fourth-order valence-corrected chi connectivity index (χ4v) is 3.70. The van der Waals surface area contributed by atoms with E-state index in [-0.39, 0.29) is 6.04 Å². The Morgan fingerprint density at radius 1 is 1.32 bits per heavy atom. The van der Waals surface area contributed by atoms with Crippen molar-refractivity contribution in [3.63, 3.8) is 0 Å². The maximum absolute atomic E-state index is 9.43. The average molecular weight is 256 g/mol. The number of nitrogens with zero attached hydrogens (tertiary/aromatic N) is 2. The van der Waals surface area contributed by atoms with Gasteiger partial charge in [-0.1, -0.05) is 18.6 Å². The number of hydrogen-bond acceptors (Lipinski definition) is 3. The minimum absolute atomic E-state index is 0.120. The lowest BCUT2D eigenvalue weighted by atomic mass is 9.95. The summed E-state index contributed by atoms with van der Waals surface area (Å²) in [5.74, 6) is 2.25. The lowest BCUT2D eigenvalue weighted by Crippen LogP contribution is -2.31. The van der Waals surface area contributed by atoms with Gasteiger partial charge in [-0.3, -0.25) is 4.90 Å². The minimum atomic E-state index is 0.120. The molecule has 3 rings (SSSR count). The molecule has 1 heterocycles. The highest BCUT2D eigenvalue weighted by molar-refractivity contribution is 5.27. The van der Waals surface area contributed by atoms with Crippen molar-refractivity contribution in [2.24, 2.45) is 11.8 Å². The summed E-state index contributed by atoms with van der Waals surface area (Å²) in [6.45, 7) is 1.98. The van der Waals surface area contributed by atoms with Crippen LogP contribution < -0.4 is 4.74 Å². The van der Waals surface area contributed by atoms with Gasteiger partial charge < -0.3 is 4.74 Å². The highest BCUT2D eigenvalue weighted by Gasteiger charge is 2.43. The molecule has 1 aromatic carbocycles. The molecular formula is C16H20N2O. The molecule has 3 nitrogen and oxygen atoms in total. The van der Waals surface area contributed by atoms with E-state index in [2.05, 4.69) is 23.1 Å². The lowest BCUT2D eigenvalue weighted by molar-refractivity contribution is 0.256. The van der Waals surface area contributed by atoms with E-state index in [1.165, 1.54) is 24.8 Å². The highest BCUT2D eigenvalue weighted by Crippen LogP contribution is 2.42. The molecule has 1 aliphatic carbocycles. The van der Waals surface area contributed by atoms with Gasteiger partial charge in [-0.15, -0.1) is 0 Å². The van der Waals surface area contributed by atoms with Gasteiger partial charge in [0.1, 0.15) is 11.8 Å². The van der Waals surface area contributed by atoms with Gasteiger partial charge in [0.25, 0.3) is 0 Å². The predicted octanol–water partition coefficient (Wildman–Crippen LogP) is 2.82. The fourth-order valence-electron chi connectivity index (χ4n) is 3.70. The van der Waals surface area contributed by atoms with Crippen molar-refractivity contribution in [3.8, 4) is 11.8 Å². The summed E-state index contributed by atoms with van der Waals surface area (Å²) in [7, 11) is 1.68. The highest BCUT2D eigenvalue weighted by atomic mass is 16.5. The van der Waals surface area contributed by atoms with E-state index in [0.29, 0.717) is 5.92 Å². The molecule has 3 atom stereocenters. The molecule has 2 aliphatic rings. The maximum Gasteiger partial charge on any atom is 0.118 e. The Morgan fingerprint density at radius 2 is 2.11 bits per heavy atom. The Hall–Kier alpha value is -1.53. The van der Waals surface area contributed by atoms with Crippen LogP contribution in [-0.2, 0) is 6.54 Å². The molecule has 1 saturated carbocycles. The lowest BCUT2D eigenvalue weighted by Gasteiger charge is -2.22. The molecule has 0 radical (unpaired) electrons. The van der Waals surface area contributed by atoms with Gasteiger partial charge in [0.05, 0.1) is 13.2 Å². The van der Waals surface area contributed by atoms with E-state index in [0.717, 1.165) is 24.8 Å². The summed E-state index contributed by atoms with van der Waals surface area (Å²) in [4.78, 5) is 2.36. The molecule has 1 saturated heterocycles. The molecule has 1 aromatic rings. The number of methoxy groups -OCH3 is 1. The molecule has 0 bridgehead atoms. The van der Waals surface area contributed by atoms with Crippen LogP contribution in [0.2, 0.25) is 0 Å². The van der Waals surface area contributed by atoms with Crippen molar-refractivity contribution >= 4 is 0 Å². The third kappa shape index (κ3) is 2.33. The fraction of sp³-hybridized carbons (Fsp3) is 0.562. The standard InChI is InChI=1S/C16H20N2O/c1-19-14-7-5-12(6-8-14)10-18-11-13-3-2-4-15(13)16(18)9-17/h5-8,13,15-16H,2-4,10-11H2,1H3. The second kappa shape index (κ2) is 5.22. The molecule has 3 heteroatoms. The second-order valence-electron chi connectivity index (χ2n) is 5.71. The number of benzene rings is 1. The topological polar surface area (TPSA) is 36.3 Å². The second-order valence-corrected chi connectivity index (χ2v) is 5.71. The number of hydrogen-bond donors (Lipinski definition) is 0. The molecule has 0 aromatic heterocycles. The van der Waals surface area contributed by atoms with Crippen LogP contribution in [0.25, 0.3) is 0 Å². The van der Waals surface area contributed by atoms with Crippen molar-refractivity contribution < 1.29 is 4.74 Å². The largest absolute Gasteiger partial charge is 0.497 e. The van der Waals surface area contributed by atoms with Crippen molar-refractivity contribution in [1.29, 1.82) is 5.26 Å². The first-order valence-corrected chi connectivity index (χ1v) is 7.08. The van der Waals surface area contributed by atoms with Gasteiger partial charge in [-0.2, -0.15) is 5.26 Å². The summed E-state index contributed by atoms with van der Waals surface area (Å²) in [6.07, 6.45) is 3.86. The van der Waals surface area contributed by atoms with Gasteiger partial charge in [-0.25, -0.2) is 0 Å². The first-order chi connectivity index (χ1) is 9.31. The number of fused-ring (bicyclic) bond motifs is 1. The van der Waals surface area contributed by atoms with E-state index < -0.39 is 0 Å². The van der Waals surface area contributed by atoms with Crippen LogP contribution in [-0.4, -0.2) is 24.6 Å². The Labute approximate surface area is 114 Å². The van der Waals surface area contributed by atoms with Crippen LogP contribution in [0.4, 0.5) is 0 Å². The molecular weight excluding hydrogens is 236 g/mol. The van der Waals surface area contributed by atoms with Crippen molar-refractivity contribution in [2.45, 2.75) is 31.8 Å². The van der Waals surface area contributed by atoms with Gasteiger partial charge in [0.2, 0.25) is 0 Å². The number of ether oxygens (including phenoxy) is 1. The van der Waals surface area contributed by atoms with E-state index in [1.54, 1.807) is 7.11 Å². The van der Waals surface area contributed by atoms with Crippen LogP contribution in [0.1, 0.15) is 24.8 Å². The molecule has 19 heavy (non-hydrogen) atoms. The molecule has 3 unspecified atom stereocenters. The Kier molecular flexibility index (Phi) is 3.44. The zero-order valence-electron chi connectivity index (χ0n) is 11.4. The third-order valence-corrected chi connectivity index (χ3v) is 4.66. The summed E-state index contributed by atoms with van der Waals surface area (Å²) in [5, 5.41) is 9.43. The first kappa shape index (κ1) is 12.5. The molecule has 0 spiro atoms. The zero-order valence-corrected chi connectivity index (χ0v) is 11.4. The van der Waals surface area contributed by atoms with Crippen LogP contribution in [0.3, 0.4) is 0 Å². The molecule has 0 amide bonds. The summed E-state index contributed by atoms with van der Waals surface area (Å²) < 4.78 is 5.18. The van der Waals surface area contributed by atoms with Crippen LogP contribution in [0.15, 0.2) is 24.3 Å². The van der Waals surface area contributed by atoms with E-state index in [9.17, 15) is 5.26 Å². The maximum atomic E-state index is 9.43. The Bertz CT molecular complexity index is 477. The quantitative estimate of drug-likeness (QED) is 0.834. The van der Waals surface area contributed by atoms with Crippen LogP contribution >= 0.6 is 0 Å². The SMILES string of the molecule is COc1ccc(CN2CC3CCCC3C2C#N)cc1. The average Bonchev–Trinajstić information content (AvgIpc) is 3.00. The van der Waals surface area contributed by atoms with Gasteiger partial charge in [0, 0.05) is 13.1 Å². The molecule has 100 valence electrons. The number of rotatable bonds is 3. The zero-order chi connectivity index (χ0) is 13.2. The minimum Gasteiger partial charge on any atom is -0.497 e. The van der Waals surface area contributed by atoms with E-state index in [4.69, 9.17) is 4.74 Å². The predicted molar refractivity (Wildman–Crippen MR) is 73.6 cm³/mol. The third-order valence-electron chi connectivity index (χ3n) is 4.66. The Morgan fingerprint density at radius 3 is 2.79 bits per heavy atom. The van der Waals surface area contributed by atoms with E-state index >= 15 is 0 Å². The monoisotopic (exact) mass is 256 g/mol. The first-order valence-electron chi connectivity index (χ1n) is 7.08. The smallest absolute Gasteiger partial charge is 0.118 e. The number of likely N-dealkylation sites (tertiary alicyclic amines) is 1. The molecule has 0 N–H and O–H groups in total. The Balaban J connectivity index is 1.70. The van der Waals surface area contributed by atoms with Gasteiger partial charge in [-0.05, 0) is 42.4 Å². The molecule has 1 aliphatic heterocycles. The van der Waals surface area contributed by atoms with Gasteiger partial charge >= 0.3 is 0 Å². The number of nitriles is 1. The molecule has 2 fully saturated rings. The normalized spacial score (nSPS) is 30.0. The summed E-state index contributed by atoms with van der Waals surface area (Å²) in [5.41, 5.74) is 1.26. The van der Waals surface area contributed by atoms with Crippen molar-refractivity contribution in [3.05, 3.63) is 29.8 Å².